The van der Waals surface area contributed by atoms with Crippen LogP contribution < -0.4 is 5.32 Å². The monoisotopic (exact) mass is 209 g/mol. The van der Waals surface area contributed by atoms with Crippen LogP contribution in [0.3, 0.4) is 0 Å². The predicted molar refractivity (Wildman–Crippen MR) is 55.6 cm³/mol. The van der Waals surface area contributed by atoms with Crippen LogP contribution in [0.15, 0.2) is 18.2 Å². The average molecular weight is 210 g/mol. The van der Waals surface area contributed by atoms with Gasteiger partial charge >= 0.3 is 0 Å². The van der Waals surface area contributed by atoms with Crippen molar-refractivity contribution in [3.63, 3.8) is 0 Å². The fraction of sp³-hybridized carbons (Fsp3) is 0.455. The van der Waals surface area contributed by atoms with Crippen molar-refractivity contribution < 1.29 is 4.74 Å². The average Bonchev–Trinajstić information content (AvgIpc) is 2.66. The number of hydrogen-bond acceptors (Lipinski definition) is 2. The van der Waals surface area contributed by atoms with Gasteiger partial charge < -0.3 is 10.1 Å². The molecule has 2 aliphatic rings. The van der Waals surface area contributed by atoms with Crippen LogP contribution in [-0.4, -0.2) is 19.2 Å². The highest BCUT2D eigenvalue weighted by Crippen LogP contribution is 2.36. The third-order valence-corrected chi connectivity index (χ3v) is 3.51. The molecule has 1 saturated heterocycles. The standard InChI is InChI=1S/C11H12ClNO/c12-10-3-1-2-7-8-4-13-5-11(8)14-6-9(7)10/h1-3,8,11,13H,4-6H2/t8-,11+/m1/s1. The SMILES string of the molecule is Clc1cccc2c1CO[C@H]1CNC[C@H]21. The van der Waals surface area contributed by atoms with E-state index in [4.69, 9.17) is 16.3 Å². The van der Waals surface area contributed by atoms with E-state index in [0.29, 0.717) is 18.6 Å². The van der Waals surface area contributed by atoms with Crippen LogP contribution >= 0.6 is 11.6 Å². The second kappa shape index (κ2) is 3.23. The zero-order chi connectivity index (χ0) is 9.54. The minimum atomic E-state index is 0.348. The first-order valence-corrected chi connectivity index (χ1v) is 5.33. The molecule has 14 heavy (non-hydrogen) atoms. The third-order valence-electron chi connectivity index (χ3n) is 3.15. The Balaban J connectivity index is 2.09. The molecule has 0 aromatic heterocycles. The number of halogens is 1. The van der Waals surface area contributed by atoms with E-state index in [2.05, 4.69) is 11.4 Å². The van der Waals surface area contributed by atoms with Crippen molar-refractivity contribution in [2.75, 3.05) is 13.1 Å². The number of hydrogen-bond donors (Lipinski definition) is 1. The van der Waals surface area contributed by atoms with Gasteiger partial charge in [0.25, 0.3) is 0 Å². The minimum absolute atomic E-state index is 0.348. The zero-order valence-electron chi connectivity index (χ0n) is 7.79. The molecule has 74 valence electrons. The molecule has 0 spiro atoms. The summed E-state index contributed by atoms with van der Waals surface area (Å²) in [5.41, 5.74) is 2.55. The molecule has 0 amide bonds. The van der Waals surface area contributed by atoms with Gasteiger partial charge in [-0.25, -0.2) is 0 Å². The maximum Gasteiger partial charge on any atom is 0.0784 e. The zero-order valence-corrected chi connectivity index (χ0v) is 8.55. The van der Waals surface area contributed by atoms with E-state index in [0.717, 1.165) is 18.1 Å². The number of fused-ring (bicyclic) bond motifs is 3. The number of nitrogens with one attached hydrogen (secondary N) is 1. The highest BCUT2D eigenvalue weighted by atomic mass is 35.5. The molecule has 3 heteroatoms. The Hall–Kier alpha value is -0.570. The first-order chi connectivity index (χ1) is 6.86. The van der Waals surface area contributed by atoms with Crippen molar-refractivity contribution in [2.45, 2.75) is 18.6 Å². The van der Waals surface area contributed by atoms with Gasteiger partial charge in [-0.05, 0) is 17.2 Å². The first kappa shape index (κ1) is 8.72. The van der Waals surface area contributed by atoms with Gasteiger partial charge in [-0.1, -0.05) is 23.7 Å². The molecular weight excluding hydrogens is 198 g/mol. The summed E-state index contributed by atoms with van der Waals surface area (Å²) in [5.74, 6) is 0.498. The van der Waals surface area contributed by atoms with Crippen LogP contribution in [0.25, 0.3) is 0 Å². The smallest absolute Gasteiger partial charge is 0.0784 e. The second-order valence-electron chi connectivity index (χ2n) is 3.92. The van der Waals surface area contributed by atoms with E-state index in [1.807, 2.05) is 12.1 Å². The predicted octanol–water partition coefficient (Wildman–Crippen LogP) is 1.93. The van der Waals surface area contributed by atoms with E-state index < -0.39 is 0 Å². The van der Waals surface area contributed by atoms with E-state index >= 15 is 0 Å². The van der Waals surface area contributed by atoms with E-state index in [1.165, 1.54) is 11.1 Å². The second-order valence-corrected chi connectivity index (χ2v) is 4.33. The van der Waals surface area contributed by atoms with Crippen LogP contribution in [-0.2, 0) is 11.3 Å². The number of ether oxygens (including phenoxy) is 1. The van der Waals surface area contributed by atoms with E-state index in [1.54, 1.807) is 0 Å². The van der Waals surface area contributed by atoms with Gasteiger partial charge in [0.1, 0.15) is 0 Å². The van der Waals surface area contributed by atoms with Gasteiger partial charge in [-0.3, -0.25) is 0 Å². The molecule has 1 aromatic carbocycles. The summed E-state index contributed by atoms with van der Waals surface area (Å²) in [6, 6.07) is 6.14. The molecule has 2 atom stereocenters. The Kier molecular flexibility index (Phi) is 2.01. The lowest BCUT2D eigenvalue weighted by Gasteiger charge is -2.28. The Morgan fingerprint density at radius 2 is 2.29 bits per heavy atom. The molecule has 1 N–H and O–H groups in total. The van der Waals surface area contributed by atoms with Gasteiger partial charge in [0, 0.05) is 24.0 Å². The van der Waals surface area contributed by atoms with Crippen LogP contribution in [0.4, 0.5) is 0 Å². The van der Waals surface area contributed by atoms with E-state index in [-0.39, 0.29) is 0 Å². The highest BCUT2D eigenvalue weighted by molar-refractivity contribution is 6.31. The minimum Gasteiger partial charge on any atom is -0.371 e. The Morgan fingerprint density at radius 3 is 3.21 bits per heavy atom. The molecule has 1 fully saturated rings. The van der Waals surface area contributed by atoms with Crippen molar-refractivity contribution in [1.29, 1.82) is 0 Å². The normalized spacial score (nSPS) is 29.8. The van der Waals surface area contributed by atoms with Crippen molar-refractivity contribution in [1.82, 2.24) is 5.32 Å². The van der Waals surface area contributed by atoms with Crippen molar-refractivity contribution in [3.05, 3.63) is 34.3 Å². The van der Waals surface area contributed by atoms with Gasteiger partial charge in [-0.2, -0.15) is 0 Å². The summed E-state index contributed by atoms with van der Waals surface area (Å²) < 4.78 is 5.76. The fourth-order valence-electron chi connectivity index (χ4n) is 2.41. The molecule has 2 nitrogen and oxygen atoms in total. The Labute approximate surface area is 88.2 Å². The molecule has 0 unspecified atom stereocenters. The summed E-state index contributed by atoms with van der Waals surface area (Å²) in [6.07, 6.45) is 0.348. The maximum atomic E-state index is 6.13. The molecule has 0 radical (unpaired) electrons. The lowest BCUT2D eigenvalue weighted by Crippen LogP contribution is -2.26. The Morgan fingerprint density at radius 1 is 1.36 bits per heavy atom. The van der Waals surface area contributed by atoms with Gasteiger partial charge in [-0.15, -0.1) is 0 Å². The summed E-state index contributed by atoms with van der Waals surface area (Å²) >= 11 is 6.13. The molecular formula is C11H12ClNO. The maximum absolute atomic E-state index is 6.13. The molecule has 2 aliphatic heterocycles. The van der Waals surface area contributed by atoms with Crippen LogP contribution in [0, 0.1) is 0 Å². The lowest BCUT2D eigenvalue weighted by atomic mass is 9.90. The highest BCUT2D eigenvalue weighted by Gasteiger charge is 2.34. The molecule has 1 aromatic rings. The number of rotatable bonds is 0. The van der Waals surface area contributed by atoms with Crippen LogP contribution in [0.5, 0.6) is 0 Å². The van der Waals surface area contributed by atoms with Gasteiger partial charge in [0.05, 0.1) is 12.7 Å². The molecule has 0 aliphatic carbocycles. The quantitative estimate of drug-likeness (QED) is 0.705. The van der Waals surface area contributed by atoms with Crippen LogP contribution in [0.1, 0.15) is 17.0 Å². The van der Waals surface area contributed by atoms with Gasteiger partial charge in [0.2, 0.25) is 0 Å². The topological polar surface area (TPSA) is 21.3 Å². The number of benzene rings is 1. The molecule has 2 heterocycles. The first-order valence-electron chi connectivity index (χ1n) is 4.96. The van der Waals surface area contributed by atoms with Gasteiger partial charge in [0.15, 0.2) is 0 Å². The third kappa shape index (κ3) is 1.18. The van der Waals surface area contributed by atoms with E-state index in [9.17, 15) is 0 Å². The molecule has 0 saturated carbocycles. The largest absolute Gasteiger partial charge is 0.371 e. The lowest BCUT2D eigenvalue weighted by molar-refractivity contribution is 0.0300. The summed E-state index contributed by atoms with van der Waals surface area (Å²) in [5, 5.41) is 4.20. The van der Waals surface area contributed by atoms with Crippen molar-refractivity contribution >= 4 is 11.6 Å². The van der Waals surface area contributed by atoms with Crippen molar-refractivity contribution in [2.24, 2.45) is 0 Å². The van der Waals surface area contributed by atoms with Crippen LogP contribution in [0.2, 0.25) is 5.02 Å². The Bertz CT molecular complexity index is 366. The van der Waals surface area contributed by atoms with Crippen molar-refractivity contribution in [3.8, 4) is 0 Å². The summed E-state index contributed by atoms with van der Waals surface area (Å²) in [6.45, 7) is 2.65. The summed E-state index contributed by atoms with van der Waals surface area (Å²) in [7, 11) is 0. The molecule has 3 rings (SSSR count). The molecule has 0 bridgehead atoms. The summed E-state index contributed by atoms with van der Waals surface area (Å²) in [4.78, 5) is 0. The fourth-order valence-corrected chi connectivity index (χ4v) is 2.64.